The molecule has 0 spiro atoms. The Bertz CT molecular complexity index is 1500. The van der Waals surface area contributed by atoms with Crippen molar-refractivity contribution in [3.63, 3.8) is 0 Å². The minimum absolute atomic E-state index is 0.106. The molecule has 37 heavy (non-hydrogen) atoms. The maximum absolute atomic E-state index is 14.3. The third kappa shape index (κ3) is 5.42. The second kappa shape index (κ2) is 8.86. The maximum Gasteiger partial charge on any atom is 0.418 e. The standard InChI is InChI=1S/C25H19F7N4O/c1-23(2,3)22(37)34-19-10-13(4-6-16(19)25(30,31)32)20-12-36-21(33-20)9-8-18(35-36)15-11-14(24(27,28)29)5-7-17(15)26/h4-12H,1-3H3,(H,34,37). The van der Waals surface area contributed by atoms with Crippen molar-refractivity contribution >= 4 is 17.2 Å². The first-order valence-corrected chi connectivity index (χ1v) is 10.8. The molecule has 4 rings (SSSR count). The number of alkyl halides is 6. The van der Waals surface area contributed by atoms with Gasteiger partial charge >= 0.3 is 12.4 Å². The van der Waals surface area contributed by atoms with E-state index in [1.807, 2.05) is 0 Å². The highest BCUT2D eigenvalue weighted by Gasteiger charge is 2.35. The van der Waals surface area contributed by atoms with Gasteiger partial charge in [0.15, 0.2) is 5.65 Å². The molecular formula is C25H19F7N4O. The number of anilines is 1. The quantitative estimate of drug-likeness (QED) is 0.288. The van der Waals surface area contributed by atoms with E-state index < -0.39 is 46.3 Å². The van der Waals surface area contributed by atoms with Crippen LogP contribution in [0.1, 0.15) is 31.9 Å². The monoisotopic (exact) mass is 524 g/mol. The molecule has 1 amide bonds. The Balaban J connectivity index is 1.77. The summed E-state index contributed by atoms with van der Waals surface area (Å²) in [5.74, 6) is -1.54. The number of rotatable bonds is 3. The molecule has 2 heterocycles. The number of benzene rings is 2. The fourth-order valence-corrected chi connectivity index (χ4v) is 3.43. The summed E-state index contributed by atoms with van der Waals surface area (Å²) in [5, 5.41) is 6.45. The molecule has 0 aliphatic rings. The van der Waals surface area contributed by atoms with E-state index in [1.54, 1.807) is 20.8 Å². The Morgan fingerprint density at radius 3 is 2.19 bits per heavy atom. The van der Waals surface area contributed by atoms with Crippen molar-refractivity contribution in [3.8, 4) is 22.5 Å². The van der Waals surface area contributed by atoms with Crippen molar-refractivity contribution in [1.82, 2.24) is 14.6 Å². The molecule has 1 N–H and O–H groups in total. The fraction of sp³-hybridized carbons (Fsp3) is 0.240. The third-order valence-electron chi connectivity index (χ3n) is 5.44. The third-order valence-corrected chi connectivity index (χ3v) is 5.44. The minimum atomic E-state index is -4.73. The Labute approximate surface area is 205 Å². The first-order chi connectivity index (χ1) is 17.0. The summed E-state index contributed by atoms with van der Waals surface area (Å²) >= 11 is 0. The van der Waals surface area contributed by atoms with Gasteiger partial charge in [0.25, 0.3) is 0 Å². The largest absolute Gasteiger partial charge is 0.418 e. The number of carbonyl (C=O) groups excluding carboxylic acids is 1. The fourth-order valence-electron chi connectivity index (χ4n) is 3.43. The molecule has 5 nitrogen and oxygen atoms in total. The summed E-state index contributed by atoms with van der Waals surface area (Å²) in [4.78, 5) is 16.7. The van der Waals surface area contributed by atoms with Crippen LogP contribution in [-0.4, -0.2) is 20.5 Å². The highest BCUT2D eigenvalue weighted by atomic mass is 19.4. The zero-order chi connectivity index (χ0) is 27.3. The van der Waals surface area contributed by atoms with E-state index in [0.717, 1.165) is 12.1 Å². The van der Waals surface area contributed by atoms with E-state index in [0.29, 0.717) is 18.2 Å². The van der Waals surface area contributed by atoms with Crippen molar-refractivity contribution in [2.24, 2.45) is 5.41 Å². The molecule has 0 atom stereocenters. The Hall–Kier alpha value is -3.96. The van der Waals surface area contributed by atoms with Gasteiger partial charge in [-0.3, -0.25) is 4.79 Å². The summed E-state index contributed by atoms with van der Waals surface area (Å²) in [6.07, 6.45) is -8.08. The van der Waals surface area contributed by atoms with Crippen molar-refractivity contribution in [2.75, 3.05) is 5.32 Å². The molecule has 0 aliphatic carbocycles. The maximum atomic E-state index is 14.3. The molecule has 0 fully saturated rings. The van der Waals surface area contributed by atoms with Gasteiger partial charge in [-0.25, -0.2) is 13.9 Å². The number of imidazole rings is 1. The zero-order valence-electron chi connectivity index (χ0n) is 19.6. The molecule has 0 radical (unpaired) electrons. The Kier molecular flexibility index (Phi) is 6.25. The van der Waals surface area contributed by atoms with Crippen LogP contribution in [0.3, 0.4) is 0 Å². The van der Waals surface area contributed by atoms with Gasteiger partial charge in [-0.05, 0) is 42.5 Å². The highest BCUT2D eigenvalue weighted by Crippen LogP contribution is 2.38. The van der Waals surface area contributed by atoms with Crippen LogP contribution in [0.4, 0.5) is 36.4 Å². The summed E-state index contributed by atoms with van der Waals surface area (Å²) < 4.78 is 95.4. The molecule has 2 aromatic heterocycles. The summed E-state index contributed by atoms with van der Waals surface area (Å²) in [5.41, 5.74) is -3.39. The van der Waals surface area contributed by atoms with Gasteiger partial charge in [0.2, 0.25) is 5.91 Å². The van der Waals surface area contributed by atoms with E-state index in [2.05, 4.69) is 15.4 Å². The topological polar surface area (TPSA) is 59.3 Å². The molecule has 0 saturated carbocycles. The number of hydrogen-bond acceptors (Lipinski definition) is 3. The molecular weight excluding hydrogens is 505 g/mol. The van der Waals surface area contributed by atoms with Crippen LogP contribution in [-0.2, 0) is 17.1 Å². The van der Waals surface area contributed by atoms with Gasteiger partial charge in [-0.2, -0.15) is 31.4 Å². The number of fused-ring (bicyclic) bond motifs is 1. The van der Waals surface area contributed by atoms with E-state index in [4.69, 9.17) is 0 Å². The summed E-state index contributed by atoms with van der Waals surface area (Å²) in [7, 11) is 0. The molecule has 0 aliphatic heterocycles. The summed E-state index contributed by atoms with van der Waals surface area (Å²) in [6, 6.07) is 7.73. The van der Waals surface area contributed by atoms with Gasteiger partial charge in [-0.1, -0.05) is 26.8 Å². The van der Waals surface area contributed by atoms with E-state index in [1.165, 1.54) is 28.9 Å². The average Bonchev–Trinajstić information content (AvgIpc) is 3.20. The molecule has 4 aromatic rings. The van der Waals surface area contributed by atoms with Crippen molar-refractivity contribution in [1.29, 1.82) is 0 Å². The Morgan fingerprint density at radius 2 is 1.57 bits per heavy atom. The zero-order valence-corrected chi connectivity index (χ0v) is 19.6. The van der Waals surface area contributed by atoms with Gasteiger partial charge in [0.05, 0.1) is 34.4 Å². The molecule has 12 heteroatoms. The molecule has 0 unspecified atom stereocenters. The number of nitrogens with zero attached hydrogens (tertiary/aromatic N) is 3. The van der Waals surface area contributed by atoms with E-state index >= 15 is 0 Å². The normalized spacial score (nSPS) is 12.7. The minimum Gasteiger partial charge on any atom is -0.325 e. The number of nitrogens with one attached hydrogen (secondary N) is 1. The molecule has 194 valence electrons. The highest BCUT2D eigenvalue weighted by molar-refractivity contribution is 5.96. The van der Waals surface area contributed by atoms with Crippen LogP contribution < -0.4 is 5.32 Å². The summed E-state index contributed by atoms with van der Waals surface area (Å²) in [6.45, 7) is 4.66. The Morgan fingerprint density at radius 1 is 0.865 bits per heavy atom. The predicted molar refractivity (Wildman–Crippen MR) is 122 cm³/mol. The lowest BCUT2D eigenvalue weighted by atomic mass is 9.95. The number of carbonyl (C=O) groups is 1. The van der Waals surface area contributed by atoms with E-state index in [-0.39, 0.29) is 28.2 Å². The second-order valence-corrected chi connectivity index (χ2v) is 9.30. The number of aromatic nitrogens is 3. The van der Waals surface area contributed by atoms with Crippen LogP contribution in [0.5, 0.6) is 0 Å². The van der Waals surface area contributed by atoms with Crippen LogP contribution >= 0.6 is 0 Å². The number of hydrogen-bond donors (Lipinski definition) is 1. The van der Waals surface area contributed by atoms with Gasteiger partial charge in [0.1, 0.15) is 5.82 Å². The SMILES string of the molecule is CC(C)(C)C(=O)Nc1cc(-c2cn3nc(-c4cc(C(F)(F)F)ccc4F)ccc3n2)ccc1C(F)(F)F. The van der Waals surface area contributed by atoms with Gasteiger partial charge in [-0.15, -0.1) is 0 Å². The number of amides is 1. The van der Waals surface area contributed by atoms with Crippen LogP contribution in [0.2, 0.25) is 0 Å². The van der Waals surface area contributed by atoms with Gasteiger partial charge < -0.3 is 5.32 Å². The smallest absolute Gasteiger partial charge is 0.325 e. The van der Waals surface area contributed by atoms with Crippen LogP contribution in [0.25, 0.3) is 28.2 Å². The van der Waals surface area contributed by atoms with E-state index in [9.17, 15) is 35.5 Å². The van der Waals surface area contributed by atoms with Crippen LogP contribution in [0, 0.1) is 11.2 Å². The van der Waals surface area contributed by atoms with Crippen molar-refractivity contribution < 1.29 is 35.5 Å². The molecule has 0 bridgehead atoms. The molecule has 0 saturated heterocycles. The van der Waals surface area contributed by atoms with Crippen molar-refractivity contribution in [2.45, 2.75) is 33.1 Å². The van der Waals surface area contributed by atoms with Gasteiger partial charge in [0, 0.05) is 16.5 Å². The molecule has 2 aromatic carbocycles. The number of halogens is 7. The first kappa shape index (κ1) is 26.1. The lowest BCUT2D eigenvalue weighted by Gasteiger charge is -2.20. The lowest BCUT2D eigenvalue weighted by Crippen LogP contribution is -2.28. The lowest BCUT2D eigenvalue weighted by molar-refractivity contribution is -0.138. The van der Waals surface area contributed by atoms with Crippen LogP contribution in [0.15, 0.2) is 54.7 Å². The average molecular weight is 524 g/mol. The predicted octanol–water partition coefficient (Wildman–Crippen LogP) is 7.22. The second-order valence-electron chi connectivity index (χ2n) is 9.30. The van der Waals surface area contributed by atoms with Crippen molar-refractivity contribution in [3.05, 3.63) is 71.7 Å². The first-order valence-electron chi connectivity index (χ1n) is 10.8.